The van der Waals surface area contributed by atoms with Gasteiger partial charge in [-0.1, -0.05) is 5.16 Å². The average molecular weight is 364 g/mol. The number of piperidine rings is 1. The van der Waals surface area contributed by atoms with Crippen LogP contribution in [0.4, 0.5) is 0 Å². The van der Waals surface area contributed by atoms with Crippen molar-refractivity contribution in [1.29, 1.82) is 0 Å². The molecule has 3 heterocycles. The quantitative estimate of drug-likeness (QED) is 0.756. The number of aromatic nitrogens is 1. The molecule has 3 rings (SSSR count). The van der Waals surface area contributed by atoms with Crippen LogP contribution in [0.2, 0.25) is 0 Å². The first kappa shape index (κ1) is 19.3. The highest BCUT2D eigenvalue weighted by Gasteiger charge is 2.41. The molecule has 2 saturated heterocycles. The minimum Gasteiger partial charge on any atom is -0.381 e. The Hall–Kier alpha value is -1.44. The summed E-state index contributed by atoms with van der Waals surface area (Å²) >= 11 is 0. The Morgan fingerprint density at radius 1 is 1.54 bits per heavy atom. The number of hydrogen-bond acceptors (Lipinski definition) is 6. The number of amides is 1. The second-order valence-corrected chi connectivity index (χ2v) is 8.15. The zero-order chi connectivity index (χ0) is 18.6. The smallest absolute Gasteiger partial charge is 0.228 e. The van der Waals surface area contributed by atoms with Crippen molar-refractivity contribution in [2.45, 2.75) is 44.6 Å². The summed E-state index contributed by atoms with van der Waals surface area (Å²) in [6, 6.07) is 2.13. The van der Waals surface area contributed by atoms with E-state index in [0.29, 0.717) is 25.5 Å². The van der Waals surface area contributed by atoms with Crippen LogP contribution in [-0.2, 0) is 16.0 Å². The molecule has 3 atom stereocenters. The molecule has 0 aliphatic carbocycles. The molecule has 0 spiro atoms. The summed E-state index contributed by atoms with van der Waals surface area (Å²) in [7, 11) is 4.03. The summed E-state index contributed by atoms with van der Waals surface area (Å²) in [6.45, 7) is 6.01. The van der Waals surface area contributed by atoms with Crippen molar-refractivity contribution >= 4 is 5.91 Å². The molecule has 1 aromatic heterocycles. The molecule has 0 saturated carbocycles. The van der Waals surface area contributed by atoms with Gasteiger partial charge in [0.05, 0.1) is 17.7 Å². The fraction of sp³-hybridized carbons (Fsp3) is 0.789. The highest BCUT2D eigenvalue weighted by molar-refractivity contribution is 5.83. The van der Waals surface area contributed by atoms with Crippen molar-refractivity contribution in [2.75, 3.05) is 46.9 Å². The number of ether oxygens (including phenoxy) is 1. The molecule has 7 nitrogen and oxygen atoms in total. The van der Waals surface area contributed by atoms with Crippen molar-refractivity contribution < 1.29 is 14.1 Å². The van der Waals surface area contributed by atoms with Crippen LogP contribution in [0.3, 0.4) is 0 Å². The van der Waals surface area contributed by atoms with Crippen LogP contribution >= 0.6 is 0 Å². The Kier molecular flexibility index (Phi) is 6.32. The van der Waals surface area contributed by atoms with Gasteiger partial charge >= 0.3 is 0 Å². The van der Waals surface area contributed by atoms with E-state index in [0.717, 1.165) is 50.4 Å². The van der Waals surface area contributed by atoms with E-state index in [1.807, 2.05) is 20.2 Å². The lowest BCUT2D eigenvalue weighted by Crippen LogP contribution is -2.54. The first-order valence-corrected chi connectivity index (χ1v) is 9.68. The van der Waals surface area contributed by atoms with Gasteiger partial charge in [0.2, 0.25) is 5.91 Å². The topological polar surface area (TPSA) is 79.6 Å². The lowest BCUT2D eigenvalue weighted by Gasteiger charge is -2.36. The van der Waals surface area contributed by atoms with E-state index in [4.69, 9.17) is 9.26 Å². The molecular formula is C19H32N4O3. The van der Waals surface area contributed by atoms with E-state index in [2.05, 4.69) is 27.6 Å². The average Bonchev–Trinajstić information content (AvgIpc) is 3.26. The van der Waals surface area contributed by atoms with Gasteiger partial charge in [0.15, 0.2) is 0 Å². The van der Waals surface area contributed by atoms with Crippen molar-refractivity contribution in [2.24, 2.45) is 5.41 Å². The monoisotopic (exact) mass is 364 g/mol. The summed E-state index contributed by atoms with van der Waals surface area (Å²) in [5, 5.41) is 10.8. The predicted octanol–water partition coefficient (Wildman–Crippen LogP) is 1.16. The Morgan fingerprint density at radius 3 is 3.04 bits per heavy atom. The molecule has 26 heavy (non-hydrogen) atoms. The van der Waals surface area contributed by atoms with E-state index in [1.165, 1.54) is 0 Å². The highest BCUT2D eigenvalue weighted by Crippen LogP contribution is 2.33. The number of likely N-dealkylation sites (N-methyl/N-ethyl adjacent to an activating group) is 1. The number of rotatable bonds is 7. The Labute approximate surface area is 155 Å². The predicted molar refractivity (Wildman–Crippen MR) is 99.1 cm³/mol. The van der Waals surface area contributed by atoms with Crippen LogP contribution in [-0.4, -0.2) is 68.9 Å². The number of nitrogens with one attached hydrogen (secondary N) is 2. The summed E-state index contributed by atoms with van der Waals surface area (Å²) in [5.41, 5.74) is 0.486. The van der Waals surface area contributed by atoms with Crippen molar-refractivity contribution in [3.8, 4) is 0 Å². The summed E-state index contributed by atoms with van der Waals surface area (Å²) in [4.78, 5) is 15.2. The first-order valence-electron chi connectivity index (χ1n) is 9.68. The third kappa shape index (κ3) is 4.64. The van der Waals surface area contributed by atoms with E-state index < -0.39 is 5.41 Å². The zero-order valence-electron chi connectivity index (χ0n) is 16.2. The molecule has 0 radical (unpaired) electrons. The maximum absolute atomic E-state index is 13.1. The zero-order valence-corrected chi connectivity index (χ0v) is 16.2. The molecule has 146 valence electrons. The number of nitrogens with zero attached hydrogens (tertiary/aromatic N) is 2. The van der Waals surface area contributed by atoms with E-state index in [1.54, 1.807) is 0 Å². The molecular weight excluding hydrogens is 332 g/mol. The van der Waals surface area contributed by atoms with Gasteiger partial charge in [-0.2, -0.15) is 0 Å². The molecule has 1 aromatic rings. The van der Waals surface area contributed by atoms with Crippen LogP contribution in [0.5, 0.6) is 0 Å². The van der Waals surface area contributed by atoms with Crippen molar-refractivity contribution in [1.82, 2.24) is 20.7 Å². The van der Waals surface area contributed by atoms with Crippen LogP contribution < -0.4 is 10.6 Å². The molecule has 2 fully saturated rings. The first-order chi connectivity index (χ1) is 12.5. The van der Waals surface area contributed by atoms with E-state index >= 15 is 0 Å². The molecule has 0 aromatic carbocycles. The summed E-state index contributed by atoms with van der Waals surface area (Å²) in [5.74, 6) is 1.23. The number of carbonyl (C=O) groups excluding carboxylic acids is 1. The Bertz CT molecular complexity index is 589. The van der Waals surface area contributed by atoms with Crippen molar-refractivity contribution in [3.63, 3.8) is 0 Å². The van der Waals surface area contributed by atoms with Gasteiger partial charge in [-0.25, -0.2) is 0 Å². The Morgan fingerprint density at radius 2 is 2.38 bits per heavy atom. The normalized spacial score (nSPS) is 27.6. The lowest BCUT2D eigenvalue weighted by molar-refractivity contribution is -0.133. The lowest BCUT2D eigenvalue weighted by atomic mass is 9.76. The maximum atomic E-state index is 13.1. The van der Waals surface area contributed by atoms with E-state index in [9.17, 15) is 4.79 Å². The minimum atomic E-state index is -0.470. The SMILES string of the molecule is C[C@H](CN(C)C)NC(=O)[C@]1(Cc2cc([C@H]3CCOC3)no2)CCCNC1. The van der Waals surface area contributed by atoms with Gasteiger partial charge < -0.3 is 24.8 Å². The van der Waals surface area contributed by atoms with Gasteiger partial charge in [0, 0.05) is 44.1 Å². The fourth-order valence-electron chi connectivity index (χ4n) is 4.07. The highest BCUT2D eigenvalue weighted by atomic mass is 16.5. The van der Waals surface area contributed by atoms with Gasteiger partial charge in [0.25, 0.3) is 0 Å². The van der Waals surface area contributed by atoms with Crippen molar-refractivity contribution in [3.05, 3.63) is 17.5 Å². The molecule has 2 aliphatic heterocycles. The van der Waals surface area contributed by atoms with Gasteiger partial charge in [-0.05, 0) is 46.8 Å². The molecule has 0 bridgehead atoms. The largest absolute Gasteiger partial charge is 0.381 e. The minimum absolute atomic E-state index is 0.109. The number of hydrogen-bond donors (Lipinski definition) is 2. The van der Waals surface area contributed by atoms with Gasteiger partial charge in [0.1, 0.15) is 5.76 Å². The molecule has 1 amide bonds. The van der Waals surface area contributed by atoms with Crippen LogP contribution in [0.15, 0.2) is 10.6 Å². The standard InChI is InChI=1S/C19H32N4O3/c1-14(11-23(2)3)21-18(24)19(6-4-7-20-13-19)10-16-9-17(22-26-16)15-5-8-25-12-15/h9,14-15,20H,4-8,10-13H2,1-3H3,(H,21,24)/t14-,15+,19+/m1/s1. The number of carbonyl (C=O) groups is 1. The third-order valence-electron chi connectivity index (χ3n) is 5.41. The molecule has 7 heteroatoms. The molecule has 2 aliphatic rings. The summed E-state index contributed by atoms with van der Waals surface area (Å²) in [6.07, 6.45) is 3.43. The second kappa shape index (κ2) is 8.50. The maximum Gasteiger partial charge on any atom is 0.228 e. The van der Waals surface area contributed by atoms with Gasteiger partial charge in [-0.3, -0.25) is 4.79 Å². The fourth-order valence-corrected chi connectivity index (χ4v) is 4.07. The van der Waals surface area contributed by atoms with Gasteiger partial charge in [-0.15, -0.1) is 0 Å². The van der Waals surface area contributed by atoms with Crippen LogP contribution in [0, 0.1) is 5.41 Å². The molecule has 0 unspecified atom stereocenters. The van der Waals surface area contributed by atoms with Crippen LogP contribution in [0.25, 0.3) is 0 Å². The molecule has 2 N–H and O–H groups in total. The van der Waals surface area contributed by atoms with Crippen LogP contribution in [0.1, 0.15) is 43.6 Å². The Balaban J connectivity index is 1.69. The van der Waals surface area contributed by atoms with E-state index in [-0.39, 0.29) is 11.9 Å². The third-order valence-corrected chi connectivity index (χ3v) is 5.41. The summed E-state index contributed by atoms with van der Waals surface area (Å²) < 4.78 is 11.0. The second-order valence-electron chi connectivity index (χ2n) is 8.15.